The van der Waals surface area contributed by atoms with Crippen molar-refractivity contribution in [3.05, 3.63) is 76.0 Å². The van der Waals surface area contributed by atoms with Crippen molar-refractivity contribution in [3.8, 4) is 11.1 Å². The Hall–Kier alpha value is -3.52. The van der Waals surface area contributed by atoms with Crippen LogP contribution in [0.4, 0.5) is 5.82 Å². The van der Waals surface area contributed by atoms with Crippen molar-refractivity contribution in [2.75, 3.05) is 5.32 Å². The van der Waals surface area contributed by atoms with Crippen LogP contribution in [0, 0.1) is 6.92 Å². The predicted molar refractivity (Wildman–Crippen MR) is 120 cm³/mol. The molecule has 30 heavy (non-hydrogen) atoms. The lowest BCUT2D eigenvalue weighted by Crippen LogP contribution is -2.22. The van der Waals surface area contributed by atoms with Crippen molar-refractivity contribution in [3.63, 3.8) is 0 Å². The van der Waals surface area contributed by atoms with Crippen molar-refractivity contribution in [1.29, 1.82) is 0 Å². The molecule has 5 rings (SSSR count). The first kappa shape index (κ1) is 18.5. The predicted octanol–water partition coefficient (Wildman–Crippen LogP) is 4.57. The van der Waals surface area contributed by atoms with Gasteiger partial charge in [-0.25, -0.2) is 15.0 Å². The van der Waals surface area contributed by atoms with Crippen molar-refractivity contribution in [2.45, 2.75) is 26.3 Å². The van der Waals surface area contributed by atoms with Gasteiger partial charge in [-0.3, -0.25) is 9.20 Å². The number of benzene rings is 1. The van der Waals surface area contributed by atoms with Crippen LogP contribution in [0.15, 0.2) is 59.2 Å². The summed E-state index contributed by atoms with van der Waals surface area (Å²) >= 11 is 1.58. The third-order valence-electron chi connectivity index (χ3n) is 5.28. The van der Waals surface area contributed by atoms with E-state index in [9.17, 15) is 4.79 Å². The van der Waals surface area contributed by atoms with Gasteiger partial charge in [0.15, 0.2) is 11.5 Å². The number of rotatable bonds is 5. The molecule has 0 bridgehead atoms. The van der Waals surface area contributed by atoms with E-state index in [1.807, 2.05) is 42.6 Å². The Bertz CT molecular complexity index is 1400. The van der Waals surface area contributed by atoms with Crippen molar-refractivity contribution < 1.29 is 0 Å². The second kappa shape index (κ2) is 7.38. The van der Waals surface area contributed by atoms with Crippen LogP contribution in [-0.4, -0.2) is 24.3 Å². The lowest BCUT2D eigenvalue weighted by Gasteiger charge is -2.21. The zero-order valence-electron chi connectivity index (χ0n) is 16.6. The summed E-state index contributed by atoms with van der Waals surface area (Å²) in [6, 6.07) is 11.8. The topological polar surface area (TPSA) is 88.0 Å². The van der Waals surface area contributed by atoms with Gasteiger partial charge in [-0.2, -0.15) is 0 Å². The fraction of sp³-hybridized carbons (Fsp3) is 0.182. The molecule has 2 N–H and O–H groups in total. The summed E-state index contributed by atoms with van der Waals surface area (Å²) in [6.45, 7) is 4.06. The zero-order valence-corrected chi connectivity index (χ0v) is 17.4. The maximum atomic E-state index is 13.6. The molecule has 0 radical (unpaired) electrons. The Balaban J connectivity index is 1.72. The van der Waals surface area contributed by atoms with Gasteiger partial charge in [-0.1, -0.05) is 37.3 Å². The molecule has 7 nitrogen and oxygen atoms in total. The van der Waals surface area contributed by atoms with Gasteiger partial charge in [0.1, 0.15) is 16.7 Å². The summed E-state index contributed by atoms with van der Waals surface area (Å²) in [5.74, 6) is 0.648. The lowest BCUT2D eigenvalue weighted by atomic mass is 9.95. The number of thiazole rings is 1. The van der Waals surface area contributed by atoms with Crippen molar-refractivity contribution in [1.82, 2.24) is 24.3 Å². The van der Waals surface area contributed by atoms with E-state index in [-0.39, 0.29) is 11.6 Å². The number of fused-ring (bicyclic) bond motifs is 2. The fourth-order valence-electron chi connectivity index (χ4n) is 3.83. The van der Waals surface area contributed by atoms with E-state index >= 15 is 0 Å². The third kappa shape index (κ3) is 2.96. The molecule has 0 aliphatic carbocycles. The average molecular weight is 417 g/mol. The first-order chi connectivity index (χ1) is 14.7. The molecular weight excluding hydrogens is 396 g/mol. The Morgan fingerprint density at radius 2 is 2.03 bits per heavy atom. The highest BCUT2D eigenvalue weighted by molar-refractivity contribution is 7.15. The number of hydrogen-bond donors (Lipinski definition) is 2. The molecule has 0 aliphatic heterocycles. The minimum absolute atomic E-state index is 0.000281. The second-order valence-electron chi connectivity index (χ2n) is 7.12. The maximum absolute atomic E-state index is 13.6. The molecule has 5 aromatic rings. The number of hydrogen-bond acceptors (Lipinski definition) is 6. The normalized spacial score (nSPS) is 12.5. The highest BCUT2D eigenvalue weighted by atomic mass is 32.1. The molecule has 1 atom stereocenters. The number of aromatic amines is 1. The van der Waals surface area contributed by atoms with Gasteiger partial charge >= 0.3 is 0 Å². The highest BCUT2D eigenvalue weighted by Gasteiger charge is 2.22. The van der Waals surface area contributed by atoms with Crippen LogP contribution in [-0.2, 0) is 0 Å². The average Bonchev–Trinajstić information content (AvgIpc) is 3.40. The molecule has 4 heterocycles. The standard InChI is InChI=1S/C22H20N6OS/c1-3-16(27-21-19-20(24-11-23-19)25-12-26-21)15-9-17-28(13(2)10-30-17)22(29)18(15)14-7-5-4-6-8-14/h4-12,16H,3H2,1-2H3,(H2,23,24,25,26,27). The van der Waals surface area contributed by atoms with E-state index < -0.39 is 0 Å². The molecule has 4 aromatic heterocycles. The van der Waals surface area contributed by atoms with Crippen LogP contribution in [0.2, 0.25) is 0 Å². The van der Waals surface area contributed by atoms with Gasteiger partial charge in [0.2, 0.25) is 0 Å². The monoisotopic (exact) mass is 416 g/mol. The van der Waals surface area contributed by atoms with E-state index in [1.54, 1.807) is 22.1 Å². The van der Waals surface area contributed by atoms with E-state index in [4.69, 9.17) is 0 Å². The van der Waals surface area contributed by atoms with E-state index in [2.05, 4.69) is 38.2 Å². The molecule has 0 amide bonds. The number of pyridine rings is 1. The van der Waals surface area contributed by atoms with Gasteiger partial charge in [0.25, 0.3) is 5.56 Å². The molecule has 0 aliphatic rings. The summed E-state index contributed by atoms with van der Waals surface area (Å²) in [4.78, 5) is 30.5. The Morgan fingerprint density at radius 1 is 1.20 bits per heavy atom. The van der Waals surface area contributed by atoms with Gasteiger partial charge < -0.3 is 10.3 Å². The summed E-state index contributed by atoms with van der Waals surface area (Å²) in [5, 5.41) is 5.52. The molecule has 0 spiro atoms. The molecule has 0 fully saturated rings. The number of nitrogens with zero attached hydrogens (tertiary/aromatic N) is 4. The number of nitrogens with one attached hydrogen (secondary N) is 2. The fourth-order valence-corrected chi connectivity index (χ4v) is 4.75. The second-order valence-corrected chi connectivity index (χ2v) is 8.01. The minimum atomic E-state index is -0.116. The third-order valence-corrected chi connectivity index (χ3v) is 6.28. The van der Waals surface area contributed by atoms with Crippen LogP contribution >= 0.6 is 11.3 Å². The Morgan fingerprint density at radius 3 is 2.83 bits per heavy atom. The molecule has 1 aromatic carbocycles. The van der Waals surface area contributed by atoms with Crippen LogP contribution in [0.5, 0.6) is 0 Å². The molecular formula is C22H20N6OS. The lowest BCUT2D eigenvalue weighted by molar-refractivity contribution is 0.744. The van der Waals surface area contributed by atoms with E-state index in [0.717, 1.165) is 28.1 Å². The highest BCUT2D eigenvalue weighted by Crippen LogP contribution is 2.32. The smallest absolute Gasteiger partial charge is 0.264 e. The largest absolute Gasteiger partial charge is 0.361 e. The summed E-state index contributed by atoms with van der Waals surface area (Å²) in [5.41, 5.74) is 4.88. The zero-order chi connectivity index (χ0) is 20.7. The van der Waals surface area contributed by atoms with E-state index in [1.165, 1.54) is 6.33 Å². The SMILES string of the molecule is CCC(Nc1ncnc2[nH]cnc12)c1cc2scc(C)n2c(=O)c1-c1ccccc1. The van der Waals surface area contributed by atoms with E-state index in [0.29, 0.717) is 22.5 Å². The van der Waals surface area contributed by atoms with Crippen molar-refractivity contribution in [2.24, 2.45) is 0 Å². The first-order valence-electron chi connectivity index (χ1n) is 9.77. The van der Waals surface area contributed by atoms with Crippen LogP contribution < -0.4 is 10.9 Å². The van der Waals surface area contributed by atoms with Gasteiger partial charge in [-0.05, 0) is 30.5 Å². The quantitative estimate of drug-likeness (QED) is 0.438. The number of H-pyrrole nitrogens is 1. The number of aryl methyl sites for hydroxylation is 1. The van der Waals surface area contributed by atoms with Crippen LogP contribution in [0.1, 0.15) is 30.6 Å². The van der Waals surface area contributed by atoms with Gasteiger partial charge in [0.05, 0.1) is 17.9 Å². The van der Waals surface area contributed by atoms with Crippen LogP contribution in [0.25, 0.3) is 27.1 Å². The maximum Gasteiger partial charge on any atom is 0.264 e. The van der Waals surface area contributed by atoms with Crippen molar-refractivity contribution >= 4 is 33.1 Å². The van der Waals surface area contributed by atoms with Gasteiger partial charge in [-0.15, -0.1) is 11.3 Å². The molecule has 8 heteroatoms. The number of imidazole rings is 1. The first-order valence-corrected chi connectivity index (χ1v) is 10.6. The van der Waals surface area contributed by atoms with Crippen LogP contribution in [0.3, 0.4) is 0 Å². The number of aromatic nitrogens is 5. The van der Waals surface area contributed by atoms with Gasteiger partial charge in [0, 0.05) is 11.1 Å². The molecule has 0 saturated heterocycles. The summed E-state index contributed by atoms with van der Waals surface area (Å²) in [7, 11) is 0. The molecule has 150 valence electrons. The molecule has 0 saturated carbocycles. The summed E-state index contributed by atoms with van der Waals surface area (Å²) < 4.78 is 1.79. The Labute approximate surface area is 176 Å². The minimum Gasteiger partial charge on any atom is -0.361 e. The summed E-state index contributed by atoms with van der Waals surface area (Å²) in [6.07, 6.45) is 3.89. The molecule has 1 unspecified atom stereocenters. The number of anilines is 1. The Kier molecular flexibility index (Phi) is 4.55.